The second kappa shape index (κ2) is 26.8. The molecule has 0 spiro atoms. The van der Waals surface area contributed by atoms with Crippen molar-refractivity contribution in [3.63, 3.8) is 0 Å². The van der Waals surface area contributed by atoms with Crippen molar-refractivity contribution < 1.29 is 54.0 Å². The molecule has 0 aromatic heterocycles. The van der Waals surface area contributed by atoms with E-state index in [-0.39, 0.29) is 53.4 Å². The number of carboxylic acid groups (broad SMARTS) is 1. The highest BCUT2D eigenvalue weighted by Gasteiger charge is 2.35. The molecule has 3 rings (SSSR count). The molecule has 0 fully saturated rings. The number of rotatable bonds is 24. The minimum Gasteiger partial charge on any atom is -0.507 e. The van der Waals surface area contributed by atoms with Gasteiger partial charge in [-0.15, -0.1) is 0 Å². The zero-order valence-corrected chi connectivity index (χ0v) is 37.7. The Morgan fingerprint density at radius 3 is 1.89 bits per heavy atom. The molecule has 1 aliphatic rings. The van der Waals surface area contributed by atoms with Crippen LogP contribution in [0.25, 0.3) is 11.1 Å². The molecule has 10 N–H and O–H groups in total. The van der Waals surface area contributed by atoms with Crippen LogP contribution >= 0.6 is 0 Å². The standard InChI is InChI=1S/C46H69N7O11/c1-5-7-8-9-10-11-12-13-14-15-16-17-18-19-38(57)52(3)35(28-54)43(60)51-41(47)45(62)48-27-39(58)53(4)40-30-21-23-37(56)32(26-30)31-24-29(20-22-36(31)55)25-34(46(63)64)50-42(59)33(6-2)49-44(40)61/h20-24,26,33-35,40-41,54-56H,5-19,25,27-28,47H2,1-4H3,(H,48,62)(H,49,61)(H,50,59)(H,51,60)(H,63,64)/t33-,34-,35+,40-,41-/m0/s1. The molecular formula is C46H69N7O11. The Balaban J connectivity index is 1.62. The van der Waals surface area contributed by atoms with Gasteiger partial charge in [0.15, 0.2) is 6.17 Å². The number of hydrogen-bond donors (Lipinski definition) is 9. The topological polar surface area (TPSA) is 281 Å². The van der Waals surface area contributed by atoms with Crippen LogP contribution in [0.15, 0.2) is 36.4 Å². The van der Waals surface area contributed by atoms with Crippen LogP contribution in [0.2, 0.25) is 0 Å². The van der Waals surface area contributed by atoms with E-state index in [0.29, 0.717) is 12.0 Å². The molecule has 354 valence electrons. The first-order chi connectivity index (χ1) is 30.5. The lowest BCUT2D eigenvalue weighted by molar-refractivity contribution is -0.143. The van der Waals surface area contributed by atoms with Crippen LogP contribution in [0.3, 0.4) is 0 Å². The van der Waals surface area contributed by atoms with E-state index in [4.69, 9.17) is 5.73 Å². The maximum absolute atomic E-state index is 14.0. The number of aliphatic hydroxyl groups excluding tert-OH is 1. The number of aromatic hydroxyl groups is 2. The van der Waals surface area contributed by atoms with Gasteiger partial charge in [-0.3, -0.25) is 28.8 Å². The average Bonchev–Trinajstić information content (AvgIpc) is 3.26. The van der Waals surface area contributed by atoms with Crippen molar-refractivity contribution in [1.29, 1.82) is 0 Å². The summed E-state index contributed by atoms with van der Waals surface area (Å²) in [5.41, 5.74) is 6.64. The van der Waals surface area contributed by atoms with Crippen molar-refractivity contribution in [3.05, 3.63) is 47.5 Å². The molecule has 2 aromatic rings. The number of nitrogens with two attached hydrogens (primary N) is 1. The minimum absolute atomic E-state index is 0.0404. The SMILES string of the molecule is CCCCCCCCCCCCCCCC(=O)N(C)[C@H](CO)C(=O)N[C@H](N)C(=O)NCC(=O)N(C)[C@@H]1C(=O)N[C@@H](CC)C(=O)N[C@H](C(=O)O)Cc2ccc(O)c(c2)-c2cc1ccc2O. The lowest BCUT2D eigenvalue weighted by Crippen LogP contribution is -2.59. The highest BCUT2D eigenvalue weighted by molar-refractivity contribution is 5.96. The molecule has 5 atom stereocenters. The number of nitrogens with one attached hydrogen (secondary N) is 4. The van der Waals surface area contributed by atoms with Crippen molar-refractivity contribution in [2.24, 2.45) is 5.73 Å². The molecule has 2 aromatic carbocycles. The number of carboxylic acids is 1. The molecule has 0 aliphatic carbocycles. The first-order valence-corrected chi connectivity index (χ1v) is 22.5. The lowest BCUT2D eigenvalue weighted by Gasteiger charge is -2.30. The molecule has 4 bridgehead atoms. The molecule has 0 radical (unpaired) electrons. The molecular weight excluding hydrogens is 827 g/mol. The van der Waals surface area contributed by atoms with Crippen LogP contribution in [0.1, 0.15) is 127 Å². The third-order valence-corrected chi connectivity index (χ3v) is 11.6. The number of phenols is 2. The molecule has 6 amide bonds. The Bertz CT molecular complexity index is 1910. The van der Waals surface area contributed by atoms with E-state index in [2.05, 4.69) is 28.2 Å². The van der Waals surface area contributed by atoms with Gasteiger partial charge < -0.3 is 57.2 Å². The highest BCUT2D eigenvalue weighted by Crippen LogP contribution is 2.38. The molecule has 18 heteroatoms. The van der Waals surface area contributed by atoms with Gasteiger partial charge in [-0.05, 0) is 48.2 Å². The van der Waals surface area contributed by atoms with Gasteiger partial charge >= 0.3 is 5.97 Å². The van der Waals surface area contributed by atoms with E-state index >= 15 is 0 Å². The summed E-state index contributed by atoms with van der Waals surface area (Å²) in [5.74, 6) is -6.67. The summed E-state index contributed by atoms with van der Waals surface area (Å²) in [6.45, 7) is 2.34. The van der Waals surface area contributed by atoms with Gasteiger partial charge in [0.05, 0.1) is 13.2 Å². The molecule has 0 unspecified atom stereocenters. The van der Waals surface area contributed by atoms with E-state index in [1.807, 2.05) is 0 Å². The fraction of sp³-hybridized carbons (Fsp3) is 0.587. The van der Waals surface area contributed by atoms with Gasteiger partial charge in [0, 0.05) is 38.1 Å². The van der Waals surface area contributed by atoms with E-state index in [1.54, 1.807) is 6.92 Å². The Kier molecular flexibility index (Phi) is 22.0. The van der Waals surface area contributed by atoms with Gasteiger partial charge in [0.25, 0.3) is 5.91 Å². The Morgan fingerprint density at radius 1 is 0.766 bits per heavy atom. The largest absolute Gasteiger partial charge is 0.507 e. The maximum atomic E-state index is 14.0. The summed E-state index contributed by atoms with van der Waals surface area (Å²) in [4.78, 5) is 94.2. The summed E-state index contributed by atoms with van der Waals surface area (Å²) in [6.07, 6.45) is 13.3. The first kappa shape index (κ1) is 52.6. The van der Waals surface area contributed by atoms with Gasteiger partial charge in [0.1, 0.15) is 35.7 Å². The quantitative estimate of drug-likeness (QED) is 0.0543. The van der Waals surface area contributed by atoms with Crippen LogP contribution in [-0.4, -0.2) is 123 Å². The van der Waals surface area contributed by atoms with E-state index < -0.39 is 79.0 Å². The van der Waals surface area contributed by atoms with Crippen molar-refractivity contribution >= 4 is 41.4 Å². The zero-order valence-electron chi connectivity index (χ0n) is 37.7. The van der Waals surface area contributed by atoms with Crippen molar-refractivity contribution in [2.75, 3.05) is 27.2 Å². The molecule has 0 saturated heterocycles. The number of benzene rings is 2. The van der Waals surface area contributed by atoms with E-state index in [9.17, 15) is 54.0 Å². The van der Waals surface area contributed by atoms with Crippen LogP contribution in [-0.2, 0) is 40.0 Å². The number of phenolic OH excluding ortho intramolecular Hbond substituents is 2. The summed E-state index contributed by atoms with van der Waals surface area (Å²) in [5, 5.41) is 51.2. The Labute approximate surface area is 375 Å². The van der Waals surface area contributed by atoms with E-state index in [0.717, 1.165) is 35.5 Å². The number of carbonyl (C=O) groups excluding carboxylic acids is 6. The molecule has 18 nitrogen and oxygen atoms in total. The summed E-state index contributed by atoms with van der Waals surface area (Å²) in [6, 6.07) is 2.72. The number of unbranched alkanes of at least 4 members (excludes halogenated alkanes) is 12. The number of amides is 6. The van der Waals surface area contributed by atoms with Crippen LogP contribution < -0.4 is 27.0 Å². The number of likely N-dealkylation sites (N-methyl/N-ethyl adjacent to an activating group) is 2. The van der Waals surface area contributed by atoms with Crippen LogP contribution in [0.4, 0.5) is 0 Å². The highest BCUT2D eigenvalue weighted by atomic mass is 16.4. The predicted molar refractivity (Wildman–Crippen MR) is 239 cm³/mol. The number of carbonyl (C=O) groups is 7. The van der Waals surface area contributed by atoms with Crippen LogP contribution in [0.5, 0.6) is 11.5 Å². The van der Waals surface area contributed by atoms with Crippen molar-refractivity contribution in [1.82, 2.24) is 31.1 Å². The Morgan fingerprint density at radius 2 is 1.33 bits per heavy atom. The lowest BCUT2D eigenvalue weighted by atomic mass is 9.93. The van der Waals surface area contributed by atoms with Gasteiger partial charge in [0.2, 0.25) is 29.5 Å². The van der Waals surface area contributed by atoms with Gasteiger partial charge in [-0.1, -0.05) is 103 Å². The third-order valence-electron chi connectivity index (χ3n) is 11.6. The normalized spacial score (nSPS) is 17.2. The second-order valence-corrected chi connectivity index (χ2v) is 16.5. The molecule has 64 heavy (non-hydrogen) atoms. The predicted octanol–water partition coefficient (Wildman–Crippen LogP) is 3.10. The molecule has 1 aliphatic heterocycles. The molecule has 0 saturated carbocycles. The zero-order chi connectivity index (χ0) is 47.3. The summed E-state index contributed by atoms with van der Waals surface area (Å²) < 4.78 is 0. The Hall–Kier alpha value is -5.75. The van der Waals surface area contributed by atoms with Crippen molar-refractivity contribution in [2.45, 2.75) is 147 Å². The number of hydrogen-bond acceptors (Lipinski definition) is 11. The molecule has 1 heterocycles. The summed E-state index contributed by atoms with van der Waals surface area (Å²) in [7, 11) is 2.64. The number of nitrogens with zero attached hydrogens (tertiary/aromatic N) is 2. The number of aliphatic carboxylic acids is 1. The average molecular weight is 896 g/mol. The van der Waals surface area contributed by atoms with E-state index in [1.165, 1.54) is 102 Å². The maximum Gasteiger partial charge on any atom is 0.326 e. The number of fused-ring (bicyclic) bond motifs is 5. The third kappa shape index (κ3) is 15.8. The minimum atomic E-state index is -1.71. The van der Waals surface area contributed by atoms with Gasteiger partial charge in [-0.25, -0.2) is 4.79 Å². The first-order valence-electron chi connectivity index (χ1n) is 22.5. The van der Waals surface area contributed by atoms with Crippen LogP contribution in [0, 0.1) is 0 Å². The monoisotopic (exact) mass is 896 g/mol. The fourth-order valence-electron chi connectivity index (χ4n) is 7.61. The number of aliphatic hydroxyl groups is 1. The summed E-state index contributed by atoms with van der Waals surface area (Å²) >= 11 is 0. The second-order valence-electron chi connectivity index (χ2n) is 16.5. The fourth-order valence-corrected chi connectivity index (χ4v) is 7.61. The van der Waals surface area contributed by atoms with Gasteiger partial charge in [-0.2, -0.15) is 0 Å². The smallest absolute Gasteiger partial charge is 0.326 e. The van der Waals surface area contributed by atoms with Crippen molar-refractivity contribution in [3.8, 4) is 22.6 Å².